The average molecular weight is 237 g/mol. The first-order valence-electron chi connectivity index (χ1n) is 5.92. The number of carbonyl (C=O) groups is 1. The van der Waals surface area contributed by atoms with Crippen LogP contribution in [0.2, 0.25) is 0 Å². The largest absolute Gasteiger partial charge is 0.444 e. The Hall–Kier alpha value is -1.52. The van der Waals surface area contributed by atoms with E-state index in [9.17, 15) is 4.79 Å². The summed E-state index contributed by atoms with van der Waals surface area (Å²) in [5.41, 5.74) is -0.436. The van der Waals surface area contributed by atoms with Crippen molar-refractivity contribution in [3.63, 3.8) is 0 Å². The fourth-order valence-corrected chi connectivity index (χ4v) is 1.82. The molecule has 0 aromatic carbocycles. The number of carbonyl (C=O) groups excluding carboxylic acids is 1. The lowest BCUT2D eigenvalue weighted by Gasteiger charge is -2.19. The number of aromatic nitrogens is 2. The zero-order valence-corrected chi connectivity index (χ0v) is 10.5. The van der Waals surface area contributed by atoms with Crippen LogP contribution in [0.25, 0.3) is 0 Å². The van der Waals surface area contributed by atoms with Gasteiger partial charge < -0.3 is 15.0 Å². The van der Waals surface area contributed by atoms with Gasteiger partial charge in [-0.2, -0.15) is 0 Å². The Morgan fingerprint density at radius 1 is 1.65 bits per heavy atom. The molecule has 0 aliphatic heterocycles. The van der Waals surface area contributed by atoms with Crippen LogP contribution in [-0.2, 0) is 4.74 Å². The van der Waals surface area contributed by atoms with E-state index in [4.69, 9.17) is 4.74 Å². The predicted octanol–water partition coefficient (Wildman–Crippen LogP) is 2.04. The van der Waals surface area contributed by atoms with Gasteiger partial charge in [-0.3, -0.25) is 0 Å². The summed E-state index contributed by atoms with van der Waals surface area (Å²) in [6.07, 6.45) is 4.31. The molecule has 2 atom stereocenters. The molecule has 0 saturated heterocycles. The van der Waals surface area contributed by atoms with Crippen LogP contribution in [0.3, 0.4) is 0 Å². The van der Waals surface area contributed by atoms with E-state index in [0.29, 0.717) is 18.4 Å². The van der Waals surface area contributed by atoms with Crippen LogP contribution in [0.15, 0.2) is 12.4 Å². The number of alkyl carbamates (subject to hydrolysis) is 1. The van der Waals surface area contributed by atoms with Crippen molar-refractivity contribution in [3.8, 4) is 0 Å². The van der Waals surface area contributed by atoms with Gasteiger partial charge in [0.05, 0.1) is 0 Å². The lowest BCUT2D eigenvalue weighted by Crippen LogP contribution is -2.33. The number of nitrogens with zero attached hydrogens (tertiary/aromatic N) is 1. The highest BCUT2D eigenvalue weighted by Gasteiger charge is 2.40. The minimum absolute atomic E-state index is 0.345. The fourth-order valence-electron chi connectivity index (χ4n) is 1.82. The molecule has 1 fully saturated rings. The molecule has 1 saturated carbocycles. The molecule has 0 unspecified atom stereocenters. The van der Waals surface area contributed by atoms with Crippen LogP contribution in [0.4, 0.5) is 4.79 Å². The number of hydrogen-bond acceptors (Lipinski definition) is 3. The van der Waals surface area contributed by atoms with Crippen molar-refractivity contribution in [1.29, 1.82) is 0 Å². The molecule has 1 aromatic rings. The van der Waals surface area contributed by atoms with Gasteiger partial charge in [-0.1, -0.05) is 0 Å². The average Bonchev–Trinajstić information content (AvgIpc) is 2.76. The van der Waals surface area contributed by atoms with Crippen LogP contribution in [-0.4, -0.2) is 28.2 Å². The second kappa shape index (κ2) is 4.39. The summed E-state index contributed by atoms with van der Waals surface area (Å²) < 4.78 is 5.17. The summed E-state index contributed by atoms with van der Waals surface area (Å²) in [7, 11) is 0. The lowest BCUT2D eigenvalue weighted by atomic mass is 10.2. The Balaban J connectivity index is 1.69. The third-order valence-electron chi connectivity index (χ3n) is 2.70. The Bertz CT molecular complexity index is 381. The smallest absolute Gasteiger partial charge is 0.407 e. The van der Waals surface area contributed by atoms with Gasteiger partial charge in [-0.05, 0) is 33.1 Å². The Morgan fingerprint density at radius 2 is 2.41 bits per heavy atom. The molecule has 1 aliphatic rings. The van der Waals surface area contributed by atoms with E-state index >= 15 is 0 Å². The van der Waals surface area contributed by atoms with Gasteiger partial charge in [0.25, 0.3) is 0 Å². The predicted molar refractivity (Wildman–Crippen MR) is 63.7 cm³/mol. The highest BCUT2D eigenvalue weighted by molar-refractivity contribution is 5.67. The highest BCUT2D eigenvalue weighted by atomic mass is 16.6. The van der Waals surface area contributed by atoms with Crippen molar-refractivity contribution in [2.45, 2.75) is 38.7 Å². The zero-order valence-electron chi connectivity index (χ0n) is 10.5. The summed E-state index contributed by atoms with van der Waals surface area (Å²) in [5.74, 6) is 1.95. The Labute approximate surface area is 101 Å². The minimum atomic E-state index is -0.436. The maximum absolute atomic E-state index is 11.4. The van der Waals surface area contributed by atoms with Crippen molar-refractivity contribution in [3.05, 3.63) is 18.2 Å². The van der Waals surface area contributed by atoms with E-state index in [1.165, 1.54) is 0 Å². The Morgan fingerprint density at radius 3 is 3.00 bits per heavy atom. The van der Waals surface area contributed by atoms with E-state index in [-0.39, 0.29) is 6.09 Å². The van der Waals surface area contributed by atoms with Gasteiger partial charge in [0, 0.05) is 24.9 Å². The molecule has 1 heterocycles. The first-order valence-corrected chi connectivity index (χ1v) is 5.92. The van der Waals surface area contributed by atoms with Gasteiger partial charge in [-0.25, -0.2) is 9.78 Å². The Kier molecular flexibility index (Phi) is 3.09. The number of amides is 1. The summed E-state index contributed by atoms with van der Waals surface area (Å²) in [6.45, 7) is 6.22. The summed E-state index contributed by atoms with van der Waals surface area (Å²) in [6, 6.07) is 0. The number of H-pyrrole nitrogens is 1. The van der Waals surface area contributed by atoms with E-state index in [1.807, 2.05) is 27.0 Å². The molecule has 1 amide bonds. The minimum Gasteiger partial charge on any atom is -0.444 e. The van der Waals surface area contributed by atoms with Crippen LogP contribution < -0.4 is 5.32 Å². The van der Waals surface area contributed by atoms with Gasteiger partial charge in [-0.15, -0.1) is 0 Å². The number of rotatable bonds is 3. The topological polar surface area (TPSA) is 67.0 Å². The summed E-state index contributed by atoms with van der Waals surface area (Å²) in [4.78, 5) is 18.7. The number of ether oxygens (including phenoxy) is 1. The number of hydrogen-bond donors (Lipinski definition) is 2. The number of aromatic amines is 1. The van der Waals surface area contributed by atoms with E-state index in [0.717, 1.165) is 12.2 Å². The van der Waals surface area contributed by atoms with Crippen molar-refractivity contribution >= 4 is 6.09 Å². The fraction of sp³-hybridized carbons (Fsp3) is 0.667. The summed E-state index contributed by atoms with van der Waals surface area (Å²) >= 11 is 0. The second-order valence-corrected chi connectivity index (χ2v) is 5.46. The van der Waals surface area contributed by atoms with Gasteiger partial charge in [0.15, 0.2) is 0 Å². The zero-order chi connectivity index (χ0) is 12.5. The molecule has 17 heavy (non-hydrogen) atoms. The molecule has 2 rings (SSSR count). The van der Waals surface area contributed by atoms with E-state index in [1.54, 1.807) is 6.20 Å². The molecule has 0 radical (unpaired) electrons. The second-order valence-electron chi connectivity index (χ2n) is 5.46. The maximum atomic E-state index is 11.4. The van der Waals surface area contributed by atoms with Gasteiger partial charge in [0.2, 0.25) is 0 Å². The van der Waals surface area contributed by atoms with Crippen LogP contribution in [0.1, 0.15) is 38.9 Å². The molecule has 1 aromatic heterocycles. The first kappa shape index (κ1) is 12.0. The lowest BCUT2D eigenvalue weighted by molar-refractivity contribution is 0.0525. The van der Waals surface area contributed by atoms with Crippen LogP contribution in [0.5, 0.6) is 0 Å². The highest BCUT2D eigenvalue weighted by Crippen LogP contribution is 2.45. The van der Waals surface area contributed by atoms with Crippen LogP contribution >= 0.6 is 0 Å². The molecular formula is C12H19N3O2. The van der Waals surface area contributed by atoms with Gasteiger partial charge >= 0.3 is 6.09 Å². The van der Waals surface area contributed by atoms with Gasteiger partial charge in [0.1, 0.15) is 11.4 Å². The number of imidazole rings is 1. The molecule has 0 spiro atoms. The monoisotopic (exact) mass is 237 g/mol. The van der Waals surface area contributed by atoms with E-state index < -0.39 is 5.60 Å². The molecule has 94 valence electrons. The molecule has 5 nitrogen and oxygen atoms in total. The van der Waals surface area contributed by atoms with E-state index in [2.05, 4.69) is 15.3 Å². The summed E-state index contributed by atoms with van der Waals surface area (Å²) in [5, 5.41) is 2.79. The van der Waals surface area contributed by atoms with Crippen molar-refractivity contribution in [2.75, 3.05) is 6.54 Å². The molecule has 2 N–H and O–H groups in total. The quantitative estimate of drug-likeness (QED) is 0.845. The normalized spacial score (nSPS) is 23.2. The standard InChI is InChI=1S/C12H19N3O2/c1-12(2,3)17-11(16)15-7-8-6-9(8)10-13-4-5-14-10/h4-5,8-9H,6-7H2,1-3H3,(H,13,14)(H,15,16)/t8-,9+/m0/s1. The third-order valence-corrected chi connectivity index (χ3v) is 2.70. The first-order chi connectivity index (χ1) is 7.96. The molecule has 5 heteroatoms. The van der Waals surface area contributed by atoms with Crippen molar-refractivity contribution in [2.24, 2.45) is 5.92 Å². The van der Waals surface area contributed by atoms with Crippen molar-refractivity contribution < 1.29 is 9.53 Å². The molecular weight excluding hydrogens is 218 g/mol. The van der Waals surface area contributed by atoms with Crippen molar-refractivity contribution in [1.82, 2.24) is 15.3 Å². The number of nitrogens with one attached hydrogen (secondary N) is 2. The third kappa shape index (κ3) is 3.47. The maximum Gasteiger partial charge on any atom is 0.407 e. The molecule has 1 aliphatic carbocycles. The SMILES string of the molecule is CC(C)(C)OC(=O)NC[C@@H]1C[C@H]1c1ncc[nH]1. The molecule has 0 bridgehead atoms. The van der Waals surface area contributed by atoms with Crippen LogP contribution in [0, 0.1) is 5.92 Å².